The third-order valence-electron chi connectivity index (χ3n) is 3.85. The first kappa shape index (κ1) is 17.2. The van der Waals surface area contributed by atoms with Crippen molar-refractivity contribution < 1.29 is 4.79 Å². The maximum Gasteiger partial charge on any atom is 0.319 e. The topological polar surface area (TPSA) is 66.9 Å². The fourth-order valence-electron chi connectivity index (χ4n) is 2.57. The van der Waals surface area contributed by atoms with Gasteiger partial charge < -0.3 is 10.6 Å². The molecule has 0 saturated heterocycles. The van der Waals surface area contributed by atoms with Gasteiger partial charge in [-0.25, -0.2) is 4.79 Å². The molecule has 0 bridgehead atoms. The Morgan fingerprint density at radius 3 is 2.65 bits per heavy atom. The minimum atomic E-state index is -0.270. The van der Waals surface area contributed by atoms with Crippen LogP contribution in [0.15, 0.2) is 67.3 Å². The van der Waals surface area contributed by atoms with Crippen LogP contribution in [0.1, 0.15) is 11.1 Å². The van der Waals surface area contributed by atoms with Crippen molar-refractivity contribution in [2.45, 2.75) is 6.42 Å². The van der Waals surface area contributed by atoms with Crippen molar-refractivity contribution in [3.8, 4) is 23.5 Å². The molecular formula is C21H18N4O. The van der Waals surface area contributed by atoms with Gasteiger partial charge in [0.05, 0.1) is 0 Å². The number of hydrogen-bond acceptors (Lipinski definition) is 3. The quantitative estimate of drug-likeness (QED) is 0.698. The molecule has 0 radical (unpaired) electrons. The third kappa shape index (κ3) is 4.46. The van der Waals surface area contributed by atoms with Crippen LogP contribution in [0.4, 0.5) is 10.5 Å². The van der Waals surface area contributed by atoms with Gasteiger partial charge in [-0.05, 0) is 53.4 Å². The molecule has 0 aliphatic carbocycles. The summed E-state index contributed by atoms with van der Waals surface area (Å²) < 4.78 is 0. The Hall–Kier alpha value is -3.65. The number of aromatic nitrogens is 2. The predicted octanol–water partition coefficient (Wildman–Crippen LogP) is 3.49. The molecule has 5 heteroatoms. The molecule has 2 amide bonds. The molecule has 3 aromatic rings. The number of anilines is 1. The first-order valence-corrected chi connectivity index (χ1v) is 8.21. The number of benzene rings is 1. The van der Waals surface area contributed by atoms with E-state index >= 15 is 0 Å². The number of amides is 2. The smallest absolute Gasteiger partial charge is 0.319 e. The van der Waals surface area contributed by atoms with Gasteiger partial charge in [-0.2, -0.15) is 0 Å². The Labute approximate surface area is 152 Å². The Morgan fingerprint density at radius 1 is 1.08 bits per heavy atom. The van der Waals surface area contributed by atoms with Gasteiger partial charge in [0.1, 0.15) is 0 Å². The molecule has 26 heavy (non-hydrogen) atoms. The average molecular weight is 342 g/mol. The zero-order valence-electron chi connectivity index (χ0n) is 14.1. The molecule has 1 aromatic carbocycles. The van der Waals surface area contributed by atoms with Crippen LogP contribution in [0.3, 0.4) is 0 Å². The molecule has 0 atom stereocenters. The lowest BCUT2D eigenvalue weighted by molar-refractivity contribution is 0.252. The maximum atomic E-state index is 12.1. The van der Waals surface area contributed by atoms with Crippen LogP contribution in [0, 0.1) is 12.3 Å². The van der Waals surface area contributed by atoms with Crippen molar-refractivity contribution in [3.05, 3.63) is 78.4 Å². The van der Waals surface area contributed by atoms with Gasteiger partial charge in [0, 0.05) is 42.6 Å². The molecule has 5 nitrogen and oxygen atoms in total. The number of nitrogens with one attached hydrogen (secondary N) is 2. The second kappa shape index (κ2) is 8.45. The summed E-state index contributed by atoms with van der Waals surface area (Å²) in [6.45, 7) is 0.522. The zero-order valence-corrected chi connectivity index (χ0v) is 14.1. The van der Waals surface area contributed by atoms with Crippen molar-refractivity contribution in [1.29, 1.82) is 0 Å². The van der Waals surface area contributed by atoms with Gasteiger partial charge in [-0.1, -0.05) is 18.1 Å². The van der Waals surface area contributed by atoms with Crippen LogP contribution in [-0.2, 0) is 6.42 Å². The second-order valence-corrected chi connectivity index (χ2v) is 5.63. The van der Waals surface area contributed by atoms with Crippen molar-refractivity contribution in [2.75, 3.05) is 11.9 Å². The average Bonchev–Trinajstić information content (AvgIpc) is 2.69. The summed E-state index contributed by atoms with van der Waals surface area (Å²) in [7, 11) is 0. The highest BCUT2D eigenvalue weighted by Crippen LogP contribution is 2.25. The first-order valence-electron chi connectivity index (χ1n) is 8.21. The van der Waals surface area contributed by atoms with Gasteiger partial charge in [0.15, 0.2) is 0 Å². The minimum absolute atomic E-state index is 0.270. The highest BCUT2D eigenvalue weighted by atomic mass is 16.2. The van der Waals surface area contributed by atoms with Gasteiger partial charge in [0.25, 0.3) is 0 Å². The fraction of sp³-hybridized carbons (Fsp3) is 0.0952. The summed E-state index contributed by atoms with van der Waals surface area (Å²) in [6.07, 6.45) is 13.3. The molecule has 3 rings (SSSR count). The molecule has 2 aromatic heterocycles. The summed E-state index contributed by atoms with van der Waals surface area (Å²) in [5.74, 6) is 2.67. The van der Waals surface area contributed by atoms with Gasteiger partial charge in [0.2, 0.25) is 0 Å². The van der Waals surface area contributed by atoms with E-state index in [-0.39, 0.29) is 6.03 Å². The van der Waals surface area contributed by atoms with Gasteiger partial charge in [-0.15, -0.1) is 6.42 Å². The van der Waals surface area contributed by atoms with E-state index in [1.165, 1.54) is 0 Å². The molecule has 2 heterocycles. The standard InChI is InChI=1S/C21H18N4O/c1-2-17-14-19(5-6-20(17)18-8-11-22-12-9-18)25-21(26)24-13-7-16-4-3-10-23-15-16/h1,3-6,8-12,14-15H,7,13H2,(H2,24,25,26). The molecular weight excluding hydrogens is 324 g/mol. The van der Waals surface area contributed by atoms with E-state index in [0.717, 1.165) is 23.1 Å². The number of pyridine rings is 2. The fourth-order valence-corrected chi connectivity index (χ4v) is 2.57. The Morgan fingerprint density at radius 2 is 1.92 bits per heavy atom. The van der Waals surface area contributed by atoms with Gasteiger partial charge in [-0.3, -0.25) is 9.97 Å². The highest BCUT2D eigenvalue weighted by Gasteiger charge is 2.07. The number of hydrogen-bond donors (Lipinski definition) is 2. The lowest BCUT2D eigenvalue weighted by atomic mass is 10.0. The highest BCUT2D eigenvalue weighted by molar-refractivity contribution is 5.90. The Balaban J connectivity index is 1.61. The van der Waals surface area contributed by atoms with Crippen molar-refractivity contribution in [1.82, 2.24) is 15.3 Å². The molecule has 0 fully saturated rings. The SMILES string of the molecule is C#Cc1cc(NC(=O)NCCc2cccnc2)ccc1-c1ccncc1. The summed E-state index contributed by atoms with van der Waals surface area (Å²) in [6, 6.07) is 12.9. The lowest BCUT2D eigenvalue weighted by Crippen LogP contribution is -2.30. The summed E-state index contributed by atoms with van der Waals surface area (Å²) in [5.41, 5.74) is 4.35. The van der Waals surface area contributed by atoms with Crippen molar-refractivity contribution in [3.63, 3.8) is 0 Å². The van der Waals surface area contributed by atoms with E-state index in [0.29, 0.717) is 17.8 Å². The molecule has 0 aliphatic rings. The predicted molar refractivity (Wildman–Crippen MR) is 103 cm³/mol. The second-order valence-electron chi connectivity index (χ2n) is 5.63. The molecule has 0 saturated carbocycles. The Bertz CT molecular complexity index is 918. The van der Waals surface area contributed by atoms with Crippen molar-refractivity contribution in [2.24, 2.45) is 0 Å². The number of terminal acetylenes is 1. The van der Waals surface area contributed by atoms with E-state index < -0.39 is 0 Å². The van der Waals surface area contributed by atoms with Crippen LogP contribution >= 0.6 is 0 Å². The van der Waals surface area contributed by atoms with E-state index in [1.807, 2.05) is 36.4 Å². The third-order valence-corrected chi connectivity index (χ3v) is 3.85. The largest absolute Gasteiger partial charge is 0.338 e. The summed E-state index contributed by atoms with van der Waals surface area (Å²) in [5, 5.41) is 5.63. The minimum Gasteiger partial charge on any atom is -0.338 e. The number of carbonyl (C=O) groups is 1. The van der Waals surface area contributed by atoms with E-state index in [9.17, 15) is 4.79 Å². The lowest BCUT2D eigenvalue weighted by Gasteiger charge is -2.10. The van der Waals surface area contributed by atoms with E-state index in [4.69, 9.17) is 6.42 Å². The summed E-state index contributed by atoms with van der Waals surface area (Å²) in [4.78, 5) is 20.1. The Kier molecular flexibility index (Phi) is 5.58. The van der Waals surface area contributed by atoms with Crippen LogP contribution in [0.5, 0.6) is 0 Å². The molecule has 0 aliphatic heterocycles. The zero-order chi connectivity index (χ0) is 18.2. The van der Waals surface area contributed by atoms with E-state index in [2.05, 4.69) is 26.5 Å². The molecule has 0 spiro atoms. The summed E-state index contributed by atoms with van der Waals surface area (Å²) >= 11 is 0. The molecule has 0 unspecified atom stereocenters. The van der Waals surface area contributed by atoms with Crippen LogP contribution in [0.2, 0.25) is 0 Å². The monoisotopic (exact) mass is 342 g/mol. The molecule has 128 valence electrons. The van der Waals surface area contributed by atoms with E-state index in [1.54, 1.807) is 30.9 Å². The number of nitrogens with zero attached hydrogens (tertiary/aromatic N) is 2. The normalized spacial score (nSPS) is 9.96. The number of rotatable bonds is 5. The van der Waals surface area contributed by atoms with Crippen molar-refractivity contribution >= 4 is 11.7 Å². The molecule has 2 N–H and O–H groups in total. The van der Waals surface area contributed by atoms with Crippen LogP contribution in [-0.4, -0.2) is 22.5 Å². The van der Waals surface area contributed by atoms with Crippen LogP contribution < -0.4 is 10.6 Å². The van der Waals surface area contributed by atoms with Crippen LogP contribution in [0.25, 0.3) is 11.1 Å². The van der Waals surface area contributed by atoms with Gasteiger partial charge >= 0.3 is 6.03 Å². The maximum absolute atomic E-state index is 12.1. The number of carbonyl (C=O) groups excluding carboxylic acids is 1. The number of urea groups is 1. The first-order chi connectivity index (χ1) is 12.8.